The fourth-order valence-electron chi connectivity index (χ4n) is 2.64. The molecule has 0 spiro atoms. The minimum absolute atomic E-state index is 0. The molecule has 0 saturated carbocycles. The Morgan fingerprint density at radius 1 is 1.00 bits per heavy atom. The third kappa shape index (κ3) is 7.67. The number of aliphatic hydroxyl groups is 1. The summed E-state index contributed by atoms with van der Waals surface area (Å²) in [5.41, 5.74) is 2.38. The minimum atomic E-state index is -0.550. The van der Waals surface area contributed by atoms with Crippen molar-refractivity contribution in [2.75, 3.05) is 33.9 Å². The van der Waals surface area contributed by atoms with Crippen molar-refractivity contribution < 1.29 is 19.3 Å². The number of hydrogen-bond acceptors (Lipinski definition) is 5. The Bertz CT molecular complexity index is 681. The van der Waals surface area contributed by atoms with Gasteiger partial charge in [-0.05, 0) is 54.8 Å². The molecule has 27 heavy (non-hydrogen) atoms. The van der Waals surface area contributed by atoms with Crippen molar-refractivity contribution in [2.24, 2.45) is 0 Å². The normalized spacial score (nSPS) is 11.4. The van der Waals surface area contributed by atoms with Crippen LogP contribution in [0.1, 0.15) is 18.1 Å². The van der Waals surface area contributed by atoms with E-state index < -0.39 is 6.10 Å². The van der Waals surface area contributed by atoms with Gasteiger partial charge in [0.05, 0.1) is 14.2 Å². The van der Waals surface area contributed by atoms with Crippen molar-refractivity contribution in [1.82, 2.24) is 5.32 Å². The molecular formula is C21H30ClNO4. The van der Waals surface area contributed by atoms with Gasteiger partial charge in [0.1, 0.15) is 18.5 Å². The Morgan fingerprint density at radius 2 is 1.78 bits per heavy atom. The maximum absolute atomic E-state index is 10.1. The quantitative estimate of drug-likeness (QED) is 0.572. The maximum atomic E-state index is 10.1. The molecule has 0 heterocycles. The van der Waals surface area contributed by atoms with Crippen LogP contribution in [0.25, 0.3) is 0 Å². The number of ether oxygens (including phenoxy) is 3. The topological polar surface area (TPSA) is 60.0 Å². The van der Waals surface area contributed by atoms with Gasteiger partial charge in [-0.3, -0.25) is 0 Å². The van der Waals surface area contributed by atoms with E-state index in [1.54, 1.807) is 14.2 Å². The number of rotatable bonds is 11. The minimum Gasteiger partial charge on any atom is -0.493 e. The lowest BCUT2D eigenvalue weighted by atomic mass is 10.1. The zero-order valence-electron chi connectivity index (χ0n) is 16.2. The van der Waals surface area contributed by atoms with E-state index >= 15 is 0 Å². The first-order chi connectivity index (χ1) is 12.7. The van der Waals surface area contributed by atoms with Crippen molar-refractivity contribution in [1.29, 1.82) is 0 Å². The summed E-state index contributed by atoms with van der Waals surface area (Å²) >= 11 is 0. The molecule has 0 aliphatic heterocycles. The van der Waals surface area contributed by atoms with Crippen LogP contribution in [-0.2, 0) is 12.8 Å². The van der Waals surface area contributed by atoms with Crippen LogP contribution in [0.5, 0.6) is 17.2 Å². The third-order valence-electron chi connectivity index (χ3n) is 4.17. The van der Waals surface area contributed by atoms with Crippen molar-refractivity contribution in [2.45, 2.75) is 25.9 Å². The second-order valence-corrected chi connectivity index (χ2v) is 6.11. The van der Waals surface area contributed by atoms with E-state index in [2.05, 4.69) is 18.3 Å². The largest absolute Gasteiger partial charge is 0.493 e. The van der Waals surface area contributed by atoms with Gasteiger partial charge in [-0.15, -0.1) is 12.4 Å². The van der Waals surface area contributed by atoms with E-state index in [0.29, 0.717) is 6.54 Å². The first-order valence-electron chi connectivity index (χ1n) is 8.97. The van der Waals surface area contributed by atoms with Crippen LogP contribution >= 0.6 is 12.4 Å². The van der Waals surface area contributed by atoms with Crippen LogP contribution < -0.4 is 19.5 Å². The highest BCUT2D eigenvalue weighted by atomic mass is 35.5. The highest BCUT2D eigenvalue weighted by Crippen LogP contribution is 2.27. The number of aryl methyl sites for hydroxylation is 1. The summed E-state index contributed by atoms with van der Waals surface area (Å²) in [5, 5.41) is 13.3. The molecule has 2 aromatic rings. The maximum Gasteiger partial charge on any atom is 0.160 e. The lowest BCUT2D eigenvalue weighted by molar-refractivity contribution is 0.106. The van der Waals surface area contributed by atoms with Gasteiger partial charge in [-0.25, -0.2) is 0 Å². The average molecular weight is 396 g/mol. The smallest absolute Gasteiger partial charge is 0.160 e. The number of nitrogens with one attached hydrogen (secondary N) is 1. The molecular weight excluding hydrogens is 366 g/mol. The van der Waals surface area contributed by atoms with E-state index in [0.717, 1.165) is 42.2 Å². The molecule has 0 bridgehead atoms. The molecule has 0 aromatic heterocycles. The highest BCUT2D eigenvalue weighted by Gasteiger charge is 2.07. The second-order valence-electron chi connectivity index (χ2n) is 6.11. The van der Waals surface area contributed by atoms with E-state index in [4.69, 9.17) is 14.2 Å². The molecule has 0 fully saturated rings. The van der Waals surface area contributed by atoms with Crippen molar-refractivity contribution in [3.05, 3.63) is 53.6 Å². The third-order valence-corrected chi connectivity index (χ3v) is 4.17. The van der Waals surface area contributed by atoms with E-state index in [9.17, 15) is 5.11 Å². The highest BCUT2D eigenvalue weighted by molar-refractivity contribution is 5.85. The van der Waals surface area contributed by atoms with Crippen LogP contribution in [0.15, 0.2) is 42.5 Å². The Kier molecular flexibility index (Phi) is 10.6. The molecule has 1 atom stereocenters. The SMILES string of the molecule is CCc1cccc(OCC(O)CNCCc2ccc(OC)c(OC)c2)c1.Cl. The van der Waals surface area contributed by atoms with Crippen molar-refractivity contribution in [3.8, 4) is 17.2 Å². The predicted molar refractivity (Wildman–Crippen MR) is 111 cm³/mol. The summed E-state index contributed by atoms with van der Waals surface area (Å²) < 4.78 is 16.2. The second kappa shape index (κ2) is 12.4. The van der Waals surface area contributed by atoms with E-state index in [1.165, 1.54) is 5.56 Å². The molecule has 2 rings (SSSR count). The Balaban J connectivity index is 0.00000364. The lowest BCUT2D eigenvalue weighted by Gasteiger charge is -2.14. The zero-order chi connectivity index (χ0) is 18.8. The molecule has 1 unspecified atom stereocenters. The number of aliphatic hydroxyl groups excluding tert-OH is 1. The number of hydrogen-bond donors (Lipinski definition) is 2. The fraction of sp³-hybridized carbons (Fsp3) is 0.429. The predicted octanol–water partition coefficient (Wildman–Crippen LogP) is 3.26. The first kappa shape index (κ1) is 23.1. The molecule has 0 aliphatic carbocycles. The average Bonchev–Trinajstić information content (AvgIpc) is 2.69. The van der Waals surface area contributed by atoms with Gasteiger partial charge in [0.2, 0.25) is 0 Å². The summed E-state index contributed by atoms with van der Waals surface area (Å²) in [4.78, 5) is 0. The molecule has 0 amide bonds. The summed E-state index contributed by atoms with van der Waals surface area (Å²) in [6.45, 7) is 3.63. The number of halogens is 1. The Hall–Kier alpha value is -1.95. The molecule has 0 radical (unpaired) electrons. The molecule has 6 heteroatoms. The van der Waals surface area contributed by atoms with Crippen molar-refractivity contribution >= 4 is 12.4 Å². The molecule has 2 aromatic carbocycles. The molecule has 150 valence electrons. The summed E-state index contributed by atoms with van der Waals surface area (Å²) in [6, 6.07) is 13.9. The fourth-order valence-corrected chi connectivity index (χ4v) is 2.64. The molecule has 0 saturated heterocycles. The standard InChI is InChI=1S/C21H29NO4.ClH/c1-4-16-6-5-7-19(12-16)26-15-18(23)14-22-11-10-17-8-9-20(24-2)21(13-17)25-3;/h5-9,12-13,18,22-23H,4,10-11,14-15H2,1-3H3;1H. The molecule has 5 nitrogen and oxygen atoms in total. The molecule has 0 aliphatic rings. The zero-order valence-corrected chi connectivity index (χ0v) is 17.1. The van der Waals surface area contributed by atoms with Gasteiger partial charge >= 0.3 is 0 Å². The van der Waals surface area contributed by atoms with Gasteiger partial charge in [0, 0.05) is 6.54 Å². The van der Waals surface area contributed by atoms with Crippen LogP contribution in [0.3, 0.4) is 0 Å². The van der Waals surface area contributed by atoms with E-state index in [1.807, 2.05) is 36.4 Å². The van der Waals surface area contributed by atoms with Gasteiger partial charge in [-0.1, -0.05) is 25.1 Å². The number of benzene rings is 2. The van der Waals surface area contributed by atoms with E-state index in [-0.39, 0.29) is 19.0 Å². The number of methoxy groups -OCH3 is 2. The monoisotopic (exact) mass is 395 g/mol. The summed E-state index contributed by atoms with van der Waals surface area (Å²) in [6.07, 6.45) is 1.26. The van der Waals surface area contributed by atoms with Crippen molar-refractivity contribution in [3.63, 3.8) is 0 Å². The lowest BCUT2D eigenvalue weighted by Crippen LogP contribution is -2.32. The van der Waals surface area contributed by atoms with Gasteiger partial charge in [0.15, 0.2) is 11.5 Å². The van der Waals surface area contributed by atoms with Gasteiger partial charge < -0.3 is 24.6 Å². The van der Waals surface area contributed by atoms with Crippen LogP contribution in [0.4, 0.5) is 0 Å². The Labute approximate surface area is 168 Å². The van der Waals surface area contributed by atoms with Crippen LogP contribution in [-0.4, -0.2) is 45.1 Å². The van der Waals surface area contributed by atoms with Crippen LogP contribution in [0.2, 0.25) is 0 Å². The summed E-state index contributed by atoms with van der Waals surface area (Å²) in [5.74, 6) is 2.25. The van der Waals surface area contributed by atoms with Gasteiger partial charge in [0.25, 0.3) is 0 Å². The van der Waals surface area contributed by atoms with Crippen LogP contribution in [0, 0.1) is 0 Å². The first-order valence-corrected chi connectivity index (χ1v) is 8.97. The molecule has 2 N–H and O–H groups in total. The van der Waals surface area contributed by atoms with Gasteiger partial charge in [-0.2, -0.15) is 0 Å². The Morgan fingerprint density at radius 3 is 2.48 bits per heavy atom. The summed E-state index contributed by atoms with van der Waals surface area (Å²) in [7, 11) is 3.26.